The maximum Gasteiger partial charge on any atom is 0.251 e. The molecule has 1 atom stereocenters. The molecule has 5 rings (SSSR count). The van der Waals surface area contributed by atoms with E-state index in [1.807, 2.05) is 11.0 Å². The van der Waals surface area contributed by atoms with E-state index >= 15 is 0 Å². The van der Waals surface area contributed by atoms with E-state index < -0.39 is 6.10 Å². The van der Waals surface area contributed by atoms with Crippen molar-refractivity contribution in [3.05, 3.63) is 71.1 Å². The number of fused-ring (bicyclic) bond motifs is 1. The van der Waals surface area contributed by atoms with Gasteiger partial charge in [0.05, 0.1) is 12.3 Å². The van der Waals surface area contributed by atoms with Crippen molar-refractivity contribution in [3.63, 3.8) is 0 Å². The van der Waals surface area contributed by atoms with Gasteiger partial charge in [0, 0.05) is 63.5 Å². The highest BCUT2D eigenvalue weighted by molar-refractivity contribution is 5.94. The number of aliphatic hydroxyl groups is 1. The Morgan fingerprint density at radius 3 is 2.75 bits per heavy atom. The molecule has 1 unspecified atom stereocenters. The number of nitrogens with one attached hydrogen (secondary N) is 2. The quantitative estimate of drug-likeness (QED) is 0.284. The second kappa shape index (κ2) is 14.7. The summed E-state index contributed by atoms with van der Waals surface area (Å²) in [7, 11) is 0. The Kier molecular flexibility index (Phi) is 10.5. The monoisotopic (exact) mass is 604 g/mol. The number of nitrogens with zero attached hydrogens (tertiary/aromatic N) is 4. The number of β-amino-alcohol motifs (C(OH)–C–C–N with tert-alkyl or cyclic N) is 1. The summed E-state index contributed by atoms with van der Waals surface area (Å²) in [4.78, 5) is 37.7. The SMILES string of the molecule is Cc1c(OCc2cnco2)ccc2c1CCN(CC(O)CNC(=O)c1ccnc(NC3CCN(C(=O)CC(C)C)CC3)c1)C2. The van der Waals surface area contributed by atoms with Crippen molar-refractivity contribution in [1.29, 1.82) is 0 Å². The van der Waals surface area contributed by atoms with Crippen molar-refractivity contribution in [1.82, 2.24) is 25.1 Å². The van der Waals surface area contributed by atoms with Gasteiger partial charge in [-0.3, -0.25) is 14.5 Å². The summed E-state index contributed by atoms with van der Waals surface area (Å²) in [5, 5.41) is 17.0. The number of aliphatic hydroxyl groups excluding tert-OH is 1. The van der Waals surface area contributed by atoms with Gasteiger partial charge in [-0.25, -0.2) is 9.97 Å². The molecule has 0 spiro atoms. The fourth-order valence-electron chi connectivity index (χ4n) is 5.94. The Morgan fingerprint density at radius 2 is 2.00 bits per heavy atom. The molecule has 2 aliphatic heterocycles. The number of likely N-dealkylation sites (tertiary alicyclic amines) is 1. The molecule has 0 aliphatic carbocycles. The molecule has 0 saturated carbocycles. The van der Waals surface area contributed by atoms with Gasteiger partial charge in [-0.1, -0.05) is 19.9 Å². The maximum absolute atomic E-state index is 12.9. The summed E-state index contributed by atoms with van der Waals surface area (Å²) in [6.07, 6.45) is 7.09. The van der Waals surface area contributed by atoms with Crippen LogP contribution in [0.1, 0.15) is 65.9 Å². The van der Waals surface area contributed by atoms with Crippen molar-refractivity contribution in [3.8, 4) is 5.75 Å². The normalized spacial score (nSPS) is 16.4. The van der Waals surface area contributed by atoms with Gasteiger partial charge in [0.15, 0.2) is 12.2 Å². The molecule has 2 aliphatic rings. The second-order valence-corrected chi connectivity index (χ2v) is 12.3. The van der Waals surface area contributed by atoms with Crippen LogP contribution in [0.15, 0.2) is 47.5 Å². The van der Waals surface area contributed by atoms with E-state index in [1.54, 1.807) is 24.5 Å². The number of carbonyl (C=O) groups excluding carboxylic acids is 2. The van der Waals surface area contributed by atoms with Crippen LogP contribution in [0.5, 0.6) is 5.75 Å². The number of aromatic nitrogens is 2. The molecule has 2 aromatic heterocycles. The third kappa shape index (κ3) is 8.35. The van der Waals surface area contributed by atoms with Gasteiger partial charge in [0.2, 0.25) is 5.91 Å². The molecule has 44 heavy (non-hydrogen) atoms. The molecule has 0 bridgehead atoms. The van der Waals surface area contributed by atoms with Gasteiger partial charge >= 0.3 is 0 Å². The zero-order valence-corrected chi connectivity index (χ0v) is 25.9. The van der Waals surface area contributed by atoms with E-state index in [-0.39, 0.29) is 24.4 Å². The molecule has 1 saturated heterocycles. The number of benzene rings is 1. The van der Waals surface area contributed by atoms with Gasteiger partial charge in [-0.2, -0.15) is 0 Å². The minimum atomic E-state index is -0.700. The first-order valence-corrected chi connectivity index (χ1v) is 15.6. The van der Waals surface area contributed by atoms with Crippen LogP contribution >= 0.6 is 0 Å². The van der Waals surface area contributed by atoms with Crippen LogP contribution in [0, 0.1) is 12.8 Å². The number of hydrogen-bond donors (Lipinski definition) is 3. The Labute approximate surface area is 259 Å². The Balaban J connectivity index is 1.05. The number of amides is 2. The summed E-state index contributed by atoms with van der Waals surface area (Å²) in [5.41, 5.74) is 4.12. The standard InChI is InChI=1S/C33H44N6O5/c1-22(2)14-32(41)39-12-7-26(8-13-39)37-31-15-24(6-10-35-31)33(42)36-16-27(40)19-38-11-9-29-23(3)30(5-4-25(29)18-38)43-20-28-17-34-21-44-28/h4-6,10,15,17,21-22,26-27,40H,7-9,11-14,16,18-20H2,1-3H3,(H,35,37)(H,36,42). The molecular formula is C33H44N6O5. The van der Waals surface area contributed by atoms with Crippen LogP contribution in [0.25, 0.3) is 0 Å². The zero-order valence-electron chi connectivity index (χ0n) is 25.9. The average Bonchev–Trinajstić information content (AvgIpc) is 3.53. The molecule has 3 N–H and O–H groups in total. The molecular weight excluding hydrogens is 560 g/mol. The molecule has 3 aromatic rings. The predicted molar refractivity (Wildman–Crippen MR) is 166 cm³/mol. The summed E-state index contributed by atoms with van der Waals surface area (Å²) in [6.45, 7) is 10.2. The third-order valence-electron chi connectivity index (χ3n) is 8.34. The van der Waals surface area contributed by atoms with Gasteiger partial charge in [0.25, 0.3) is 5.91 Å². The van der Waals surface area contributed by atoms with Gasteiger partial charge < -0.3 is 29.8 Å². The molecule has 2 amide bonds. The largest absolute Gasteiger partial charge is 0.485 e. The fourth-order valence-corrected chi connectivity index (χ4v) is 5.94. The topological polar surface area (TPSA) is 133 Å². The predicted octanol–water partition coefficient (Wildman–Crippen LogP) is 3.56. The minimum absolute atomic E-state index is 0.156. The fraction of sp³-hybridized carbons (Fsp3) is 0.515. The van der Waals surface area contributed by atoms with Crippen LogP contribution in [-0.4, -0.2) is 81.6 Å². The Morgan fingerprint density at radius 1 is 1.18 bits per heavy atom. The van der Waals surface area contributed by atoms with Crippen LogP contribution in [0.3, 0.4) is 0 Å². The smallest absolute Gasteiger partial charge is 0.251 e. The number of oxazole rings is 1. The highest BCUT2D eigenvalue weighted by atomic mass is 16.5. The molecule has 236 valence electrons. The number of pyridine rings is 1. The second-order valence-electron chi connectivity index (χ2n) is 12.3. The van der Waals surface area contributed by atoms with E-state index in [2.05, 4.69) is 52.3 Å². The highest BCUT2D eigenvalue weighted by Crippen LogP contribution is 2.30. The summed E-state index contributed by atoms with van der Waals surface area (Å²) < 4.78 is 11.2. The Bertz CT molecular complexity index is 1400. The molecule has 1 fully saturated rings. The van der Waals surface area contributed by atoms with Gasteiger partial charge in [-0.05, 0) is 67.0 Å². The first kappa shape index (κ1) is 31.5. The number of carbonyl (C=O) groups is 2. The van der Waals surface area contributed by atoms with Crippen molar-refractivity contribution >= 4 is 17.6 Å². The molecule has 4 heterocycles. The zero-order chi connectivity index (χ0) is 31.1. The molecule has 11 heteroatoms. The van der Waals surface area contributed by atoms with Crippen LogP contribution < -0.4 is 15.4 Å². The number of rotatable bonds is 12. The Hall–Kier alpha value is -3.96. The first-order valence-electron chi connectivity index (χ1n) is 15.6. The lowest BCUT2D eigenvalue weighted by Crippen LogP contribution is -2.43. The highest BCUT2D eigenvalue weighted by Gasteiger charge is 2.24. The van der Waals surface area contributed by atoms with Crippen molar-refractivity contribution in [2.24, 2.45) is 5.92 Å². The third-order valence-corrected chi connectivity index (χ3v) is 8.34. The lowest BCUT2D eigenvalue weighted by molar-refractivity contribution is -0.132. The summed E-state index contributed by atoms with van der Waals surface area (Å²) in [5.74, 6) is 2.48. The van der Waals surface area contributed by atoms with E-state index in [0.29, 0.717) is 42.6 Å². The van der Waals surface area contributed by atoms with Crippen molar-refractivity contribution in [2.45, 2.75) is 71.8 Å². The molecule has 1 aromatic carbocycles. The lowest BCUT2D eigenvalue weighted by Gasteiger charge is -2.33. The number of piperidine rings is 1. The van der Waals surface area contributed by atoms with E-state index in [0.717, 1.165) is 56.8 Å². The van der Waals surface area contributed by atoms with E-state index in [9.17, 15) is 14.7 Å². The average molecular weight is 605 g/mol. The number of anilines is 1. The maximum atomic E-state index is 12.9. The minimum Gasteiger partial charge on any atom is -0.485 e. The summed E-state index contributed by atoms with van der Waals surface area (Å²) >= 11 is 0. The van der Waals surface area contributed by atoms with Crippen molar-refractivity contribution in [2.75, 3.05) is 38.0 Å². The van der Waals surface area contributed by atoms with Gasteiger partial charge in [-0.15, -0.1) is 0 Å². The first-order chi connectivity index (χ1) is 21.2. The van der Waals surface area contributed by atoms with Crippen LogP contribution in [0.4, 0.5) is 5.82 Å². The molecule has 11 nitrogen and oxygen atoms in total. The van der Waals surface area contributed by atoms with Crippen molar-refractivity contribution < 1.29 is 23.8 Å². The lowest BCUT2D eigenvalue weighted by atomic mass is 9.94. The van der Waals surface area contributed by atoms with E-state index in [1.165, 1.54) is 17.5 Å². The number of hydrogen-bond acceptors (Lipinski definition) is 9. The van der Waals surface area contributed by atoms with Crippen LogP contribution in [0.2, 0.25) is 0 Å². The van der Waals surface area contributed by atoms with E-state index in [4.69, 9.17) is 9.15 Å². The van der Waals surface area contributed by atoms with Crippen LogP contribution in [-0.2, 0) is 24.4 Å². The van der Waals surface area contributed by atoms with Gasteiger partial charge in [0.1, 0.15) is 18.2 Å². The number of ether oxygens (including phenoxy) is 1. The summed E-state index contributed by atoms with van der Waals surface area (Å²) in [6, 6.07) is 7.69. The molecule has 0 radical (unpaired) electrons.